The van der Waals surface area contributed by atoms with E-state index in [9.17, 15) is 14.8 Å². The van der Waals surface area contributed by atoms with Gasteiger partial charge in [0.25, 0.3) is 0 Å². The highest BCUT2D eigenvalue weighted by Gasteiger charge is 2.43. The molecule has 0 radical (unpaired) electrons. The van der Waals surface area contributed by atoms with Gasteiger partial charge in [0.2, 0.25) is 0 Å². The van der Waals surface area contributed by atoms with Crippen molar-refractivity contribution in [1.82, 2.24) is 20.4 Å². The molecule has 14 nitrogen and oxygen atoms in total. The van der Waals surface area contributed by atoms with Crippen LogP contribution in [0.1, 0.15) is 25.3 Å². The Balaban J connectivity index is 0.000000218. The first-order valence-electron chi connectivity index (χ1n) is 15.4. The number of hydrogen-bond donors (Lipinski definition) is 10. The Morgan fingerprint density at radius 1 is 0.911 bits per heavy atom. The monoisotopic (exact) mass is 634 g/mol. The Kier molecular flexibility index (Phi) is 17.7. The first-order chi connectivity index (χ1) is 21.3. The lowest BCUT2D eigenvalue weighted by atomic mass is 9.67. The smallest absolute Gasteiger partial charge is 0.469 e. The molecule has 0 aromatic heterocycles. The number of methoxy groups -OCH3 is 1. The number of carbonyl (C=O) groups excluding carboxylic acids is 1. The lowest BCUT2D eigenvalue weighted by Crippen LogP contribution is -2.31. The fourth-order valence-corrected chi connectivity index (χ4v) is 5.82. The maximum Gasteiger partial charge on any atom is 0.485 e. The Labute approximate surface area is 267 Å². The molecule has 4 heterocycles. The summed E-state index contributed by atoms with van der Waals surface area (Å²) in [7, 11) is -1.88. The van der Waals surface area contributed by atoms with Gasteiger partial charge in [-0.05, 0) is 56.1 Å². The summed E-state index contributed by atoms with van der Waals surface area (Å²) in [5.41, 5.74) is 1.95. The van der Waals surface area contributed by atoms with Crippen LogP contribution in [0.5, 0.6) is 0 Å². The number of nitrogens with one attached hydrogen (secondary N) is 2. The Bertz CT molecular complexity index is 1010. The van der Waals surface area contributed by atoms with E-state index in [1.54, 1.807) is 6.20 Å². The highest BCUT2D eigenvalue weighted by molar-refractivity contribution is 6.50. The van der Waals surface area contributed by atoms with Gasteiger partial charge in [-0.25, -0.2) is 0 Å². The zero-order valence-corrected chi connectivity index (χ0v) is 26.5. The van der Waals surface area contributed by atoms with Gasteiger partial charge >= 0.3 is 34.4 Å². The van der Waals surface area contributed by atoms with Gasteiger partial charge in [-0.1, -0.05) is 37.3 Å². The highest BCUT2D eigenvalue weighted by atomic mass is 16.5. The topological polar surface area (TPSA) is 219 Å². The maximum atomic E-state index is 11.2. The van der Waals surface area contributed by atoms with Gasteiger partial charge in [0.15, 0.2) is 0 Å². The normalized spacial score (nSPS) is 25.8. The van der Waals surface area contributed by atoms with E-state index in [4.69, 9.17) is 30.1 Å². The lowest BCUT2D eigenvalue weighted by Gasteiger charge is -2.15. The minimum atomic E-state index is -1.45. The number of hydrogen-bond acceptors (Lipinski definition) is 14. The Morgan fingerprint density at radius 3 is 2.00 bits per heavy atom. The predicted octanol–water partition coefficient (Wildman–Crippen LogP) is -2.76. The van der Waals surface area contributed by atoms with E-state index < -0.39 is 40.2 Å². The summed E-state index contributed by atoms with van der Waals surface area (Å²) in [6.07, 6.45) is 3.28. The summed E-state index contributed by atoms with van der Waals surface area (Å²) in [6, 6.07) is 10.3. The van der Waals surface area contributed by atoms with Gasteiger partial charge < -0.3 is 60.5 Å². The third-order valence-corrected chi connectivity index (χ3v) is 8.51. The number of ether oxygens (including phenoxy) is 1. The van der Waals surface area contributed by atoms with Crippen molar-refractivity contribution in [3.63, 3.8) is 0 Å². The molecule has 0 spiro atoms. The minimum Gasteiger partial charge on any atom is -0.469 e. The Morgan fingerprint density at radius 2 is 1.58 bits per heavy atom. The predicted molar refractivity (Wildman–Crippen MR) is 174 cm³/mol. The standard InChI is InChI=1S/C12H18BNO2.C7H14BNO4.C4H10BNO2.C4H8BNO2/c1-10-7-14(9-12(10)13(15)16)8-11-5-3-2-4-6-11;1-9-3-5(7(10)13-2)6(4-9)8(11)12;2*7-5(8)4-1-2-6-3-4/h2-6,10,12,15-16H,7-9H2,1H3;5-6,11-12H,3-4H2,1-2H3;4,6-8H,1-3H2;3,6-8H,1-2H2. The van der Waals surface area contributed by atoms with Crippen LogP contribution < -0.4 is 10.6 Å². The first-order valence-corrected chi connectivity index (χ1v) is 15.4. The van der Waals surface area contributed by atoms with Gasteiger partial charge in [0.1, 0.15) is 0 Å². The molecular weight excluding hydrogens is 584 g/mol. The van der Waals surface area contributed by atoms with Crippen molar-refractivity contribution in [2.24, 2.45) is 11.8 Å². The van der Waals surface area contributed by atoms with Gasteiger partial charge in [-0.2, -0.15) is 0 Å². The fraction of sp³-hybridized carbons (Fsp3) is 0.667. The van der Waals surface area contributed by atoms with E-state index in [0.29, 0.717) is 24.5 Å². The Hall–Kier alpha value is -1.95. The lowest BCUT2D eigenvalue weighted by molar-refractivity contribution is -0.145. The van der Waals surface area contributed by atoms with Crippen LogP contribution in [0.3, 0.4) is 0 Å². The summed E-state index contributed by atoms with van der Waals surface area (Å²) in [5.74, 6) is -0.822. The van der Waals surface area contributed by atoms with E-state index in [0.717, 1.165) is 52.1 Å². The summed E-state index contributed by atoms with van der Waals surface area (Å²) >= 11 is 0. The van der Waals surface area contributed by atoms with Crippen LogP contribution in [0.4, 0.5) is 0 Å². The van der Waals surface area contributed by atoms with Crippen LogP contribution in [0.15, 0.2) is 42.0 Å². The molecule has 18 heteroatoms. The second-order valence-electron chi connectivity index (χ2n) is 12.1. The van der Waals surface area contributed by atoms with Gasteiger partial charge in [0, 0.05) is 56.7 Å². The number of esters is 1. The van der Waals surface area contributed by atoms with Crippen LogP contribution in [0.25, 0.3) is 0 Å². The molecule has 250 valence electrons. The largest absolute Gasteiger partial charge is 0.485 e. The molecule has 3 fully saturated rings. The van der Waals surface area contributed by atoms with Crippen LogP contribution in [-0.4, -0.2) is 144 Å². The fourth-order valence-electron chi connectivity index (χ4n) is 5.82. The van der Waals surface area contributed by atoms with Crippen LogP contribution in [-0.2, 0) is 16.1 Å². The van der Waals surface area contributed by atoms with E-state index in [1.165, 1.54) is 12.7 Å². The zero-order valence-electron chi connectivity index (χ0n) is 26.5. The van der Waals surface area contributed by atoms with Gasteiger partial charge in [0.05, 0.1) is 13.0 Å². The van der Waals surface area contributed by atoms with Crippen LogP contribution in [0.2, 0.25) is 17.5 Å². The van der Waals surface area contributed by atoms with Crippen molar-refractivity contribution in [2.45, 2.75) is 43.8 Å². The molecule has 5 unspecified atom stereocenters. The van der Waals surface area contributed by atoms with E-state index in [2.05, 4.69) is 39.3 Å². The highest BCUT2D eigenvalue weighted by Crippen LogP contribution is 2.30. The second kappa shape index (κ2) is 20.3. The molecular formula is C27H50B4N4O10. The van der Waals surface area contributed by atoms with Crippen molar-refractivity contribution in [1.29, 1.82) is 0 Å². The van der Waals surface area contributed by atoms with Crippen molar-refractivity contribution in [3.05, 3.63) is 47.6 Å². The zero-order chi connectivity index (χ0) is 33.5. The molecule has 0 aliphatic carbocycles. The van der Waals surface area contributed by atoms with E-state index in [-0.39, 0.29) is 17.6 Å². The van der Waals surface area contributed by atoms with Gasteiger partial charge in [-0.15, -0.1) is 0 Å². The summed E-state index contributed by atoms with van der Waals surface area (Å²) in [5, 5.41) is 76.5. The average molecular weight is 634 g/mol. The van der Waals surface area contributed by atoms with Crippen LogP contribution >= 0.6 is 0 Å². The van der Waals surface area contributed by atoms with Crippen molar-refractivity contribution in [2.75, 3.05) is 60.0 Å². The first kappa shape index (κ1) is 39.2. The van der Waals surface area contributed by atoms with Crippen LogP contribution in [0, 0.1) is 11.8 Å². The molecule has 10 N–H and O–H groups in total. The summed E-state index contributed by atoms with van der Waals surface area (Å²) < 4.78 is 4.58. The molecule has 1 aromatic rings. The molecule has 1 aromatic carbocycles. The molecule has 4 aliphatic rings. The molecule has 0 bridgehead atoms. The molecule has 0 saturated carbocycles. The van der Waals surface area contributed by atoms with Crippen molar-refractivity contribution < 1.29 is 49.7 Å². The average Bonchev–Trinajstić information content (AvgIpc) is 3.82. The SMILES string of the molecule is CC1CN(Cc2ccccc2)CC1B(O)O.COC(=O)C1CN(C)CC1B(O)O.OB(O)C1=CNCC1.OB(O)C1CCNC1. The van der Waals surface area contributed by atoms with Crippen molar-refractivity contribution in [3.8, 4) is 0 Å². The molecule has 45 heavy (non-hydrogen) atoms. The molecule has 4 aliphatic heterocycles. The summed E-state index contributed by atoms with van der Waals surface area (Å²) in [4.78, 5) is 15.4. The van der Waals surface area contributed by atoms with Gasteiger partial charge in [-0.3, -0.25) is 9.69 Å². The number of rotatable bonds is 7. The number of carbonyl (C=O) groups is 1. The number of likely N-dealkylation sites (tertiary alicyclic amines) is 2. The maximum absolute atomic E-state index is 11.2. The van der Waals surface area contributed by atoms with Crippen molar-refractivity contribution >= 4 is 34.4 Å². The minimum absolute atomic E-state index is 0.0105. The van der Waals surface area contributed by atoms with E-state index >= 15 is 0 Å². The third-order valence-electron chi connectivity index (χ3n) is 8.51. The third kappa shape index (κ3) is 13.7. The number of benzene rings is 1. The number of nitrogens with zero attached hydrogens (tertiary/aromatic N) is 2. The molecule has 5 atom stereocenters. The second-order valence-corrected chi connectivity index (χ2v) is 12.1. The molecule has 5 rings (SSSR count). The molecule has 3 saturated heterocycles. The quantitative estimate of drug-likeness (QED) is 0.109. The molecule has 0 amide bonds. The summed E-state index contributed by atoms with van der Waals surface area (Å²) in [6.45, 7) is 8.22. The van der Waals surface area contributed by atoms with E-state index in [1.807, 2.05) is 30.1 Å².